The van der Waals surface area contributed by atoms with E-state index < -0.39 is 0 Å². The van der Waals surface area contributed by atoms with Crippen LogP contribution in [0.15, 0.2) is 0 Å². The standard InChI is InChI=1S/C11H15NS/c1-7-9-3-2-8-6-12-5-4-10(13-7)11(8)9/h8,12H,2-6H2,1H3. The van der Waals surface area contributed by atoms with Crippen LogP contribution in [0.5, 0.6) is 0 Å². The largest absolute Gasteiger partial charge is 0.316 e. The molecule has 2 heteroatoms. The Hall–Kier alpha value is -0.340. The summed E-state index contributed by atoms with van der Waals surface area (Å²) in [5, 5.41) is 3.54. The fourth-order valence-corrected chi connectivity index (χ4v) is 4.08. The van der Waals surface area contributed by atoms with Crippen molar-refractivity contribution in [3.8, 4) is 0 Å². The van der Waals surface area contributed by atoms with Gasteiger partial charge in [0.05, 0.1) is 0 Å². The number of nitrogens with one attached hydrogen (secondary N) is 1. The topological polar surface area (TPSA) is 12.0 Å². The van der Waals surface area contributed by atoms with Gasteiger partial charge in [0, 0.05) is 16.3 Å². The molecule has 1 aromatic rings. The van der Waals surface area contributed by atoms with E-state index in [0.717, 1.165) is 5.92 Å². The highest BCUT2D eigenvalue weighted by Crippen LogP contribution is 2.42. The lowest BCUT2D eigenvalue weighted by Crippen LogP contribution is -2.19. The van der Waals surface area contributed by atoms with Crippen molar-refractivity contribution >= 4 is 11.3 Å². The van der Waals surface area contributed by atoms with Crippen LogP contribution >= 0.6 is 11.3 Å². The second-order valence-electron chi connectivity index (χ2n) is 4.16. The predicted molar refractivity (Wildman–Crippen MR) is 56.7 cm³/mol. The molecule has 0 spiro atoms. The van der Waals surface area contributed by atoms with Gasteiger partial charge in [0.25, 0.3) is 0 Å². The summed E-state index contributed by atoms with van der Waals surface area (Å²) in [6.45, 7) is 4.70. The predicted octanol–water partition coefficient (Wildman–Crippen LogP) is 2.23. The maximum absolute atomic E-state index is 3.54. The van der Waals surface area contributed by atoms with Crippen molar-refractivity contribution in [2.24, 2.45) is 0 Å². The molecule has 0 fully saturated rings. The molecule has 0 radical (unpaired) electrons. The van der Waals surface area contributed by atoms with Gasteiger partial charge < -0.3 is 5.32 Å². The fourth-order valence-electron chi connectivity index (χ4n) is 2.78. The lowest BCUT2D eigenvalue weighted by molar-refractivity contribution is 0.601. The summed E-state index contributed by atoms with van der Waals surface area (Å²) in [7, 11) is 0. The summed E-state index contributed by atoms with van der Waals surface area (Å²) in [4.78, 5) is 3.27. The summed E-state index contributed by atoms with van der Waals surface area (Å²) in [6, 6.07) is 0. The van der Waals surface area contributed by atoms with Crippen LogP contribution in [0.1, 0.15) is 33.2 Å². The van der Waals surface area contributed by atoms with E-state index in [-0.39, 0.29) is 0 Å². The lowest BCUT2D eigenvalue weighted by Gasteiger charge is -2.07. The zero-order valence-electron chi connectivity index (χ0n) is 8.02. The van der Waals surface area contributed by atoms with E-state index in [1.54, 1.807) is 20.9 Å². The summed E-state index contributed by atoms with van der Waals surface area (Å²) < 4.78 is 0. The van der Waals surface area contributed by atoms with E-state index in [1.807, 2.05) is 11.3 Å². The maximum Gasteiger partial charge on any atom is 0.00988 e. The lowest BCUT2D eigenvalue weighted by atomic mass is 10.0. The minimum absolute atomic E-state index is 0.845. The van der Waals surface area contributed by atoms with Gasteiger partial charge in [-0.3, -0.25) is 0 Å². The molecule has 1 unspecified atom stereocenters. The average molecular weight is 193 g/mol. The van der Waals surface area contributed by atoms with Crippen LogP contribution in [0, 0.1) is 6.92 Å². The monoisotopic (exact) mass is 193 g/mol. The van der Waals surface area contributed by atoms with Crippen molar-refractivity contribution in [1.29, 1.82) is 0 Å². The summed E-state index contributed by atoms with van der Waals surface area (Å²) >= 11 is 2.05. The van der Waals surface area contributed by atoms with Gasteiger partial charge in [-0.2, -0.15) is 0 Å². The SMILES string of the molecule is Cc1sc2c3c1CCC3CNCC2. The maximum atomic E-state index is 3.54. The molecule has 0 saturated heterocycles. The minimum Gasteiger partial charge on any atom is -0.316 e. The smallest absolute Gasteiger partial charge is 0.00988 e. The number of hydrogen-bond donors (Lipinski definition) is 1. The fraction of sp³-hybridized carbons (Fsp3) is 0.636. The van der Waals surface area contributed by atoms with E-state index in [4.69, 9.17) is 0 Å². The van der Waals surface area contributed by atoms with Crippen molar-refractivity contribution in [3.63, 3.8) is 0 Å². The van der Waals surface area contributed by atoms with Crippen molar-refractivity contribution in [3.05, 3.63) is 20.9 Å². The van der Waals surface area contributed by atoms with Gasteiger partial charge in [-0.25, -0.2) is 0 Å². The Labute approximate surface area is 83.2 Å². The first-order chi connectivity index (χ1) is 6.36. The summed E-state index contributed by atoms with van der Waals surface area (Å²) in [5.74, 6) is 0.845. The summed E-state index contributed by atoms with van der Waals surface area (Å²) in [5.41, 5.74) is 3.45. The Balaban J connectivity index is 2.16. The third-order valence-electron chi connectivity index (χ3n) is 3.40. The molecule has 1 atom stereocenters. The second kappa shape index (κ2) is 2.82. The van der Waals surface area contributed by atoms with Gasteiger partial charge in [0.2, 0.25) is 0 Å². The van der Waals surface area contributed by atoms with Crippen LogP contribution in [0.4, 0.5) is 0 Å². The van der Waals surface area contributed by atoms with Crippen LogP contribution < -0.4 is 5.32 Å². The molecule has 13 heavy (non-hydrogen) atoms. The third-order valence-corrected chi connectivity index (χ3v) is 4.62. The third kappa shape index (κ3) is 1.09. The van der Waals surface area contributed by atoms with E-state index in [0.29, 0.717) is 0 Å². The van der Waals surface area contributed by atoms with E-state index in [2.05, 4.69) is 12.2 Å². The molecule has 1 aliphatic carbocycles. The Morgan fingerprint density at radius 3 is 3.23 bits per heavy atom. The first kappa shape index (κ1) is 8.01. The Bertz CT molecular complexity index is 340. The van der Waals surface area contributed by atoms with Gasteiger partial charge >= 0.3 is 0 Å². The number of hydrogen-bond acceptors (Lipinski definition) is 2. The summed E-state index contributed by atoms with van der Waals surface area (Å²) in [6.07, 6.45) is 3.99. The molecule has 1 nitrogen and oxygen atoms in total. The van der Waals surface area contributed by atoms with Crippen LogP contribution in [-0.4, -0.2) is 13.1 Å². The Kier molecular flexibility index (Phi) is 1.74. The molecular weight excluding hydrogens is 178 g/mol. The van der Waals surface area contributed by atoms with Crippen molar-refractivity contribution in [2.75, 3.05) is 13.1 Å². The highest BCUT2D eigenvalue weighted by Gasteiger charge is 2.29. The number of rotatable bonds is 0. The molecule has 1 aliphatic heterocycles. The molecule has 0 saturated carbocycles. The van der Waals surface area contributed by atoms with Gasteiger partial charge in [0.1, 0.15) is 0 Å². The highest BCUT2D eigenvalue weighted by atomic mass is 32.1. The quantitative estimate of drug-likeness (QED) is 0.666. The van der Waals surface area contributed by atoms with Crippen molar-refractivity contribution in [1.82, 2.24) is 5.32 Å². The minimum atomic E-state index is 0.845. The molecule has 3 rings (SSSR count). The average Bonchev–Trinajstić information content (AvgIpc) is 2.58. The zero-order chi connectivity index (χ0) is 8.84. The van der Waals surface area contributed by atoms with Gasteiger partial charge in [-0.1, -0.05) is 0 Å². The van der Waals surface area contributed by atoms with Crippen LogP contribution in [0.2, 0.25) is 0 Å². The van der Waals surface area contributed by atoms with E-state index in [1.165, 1.54) is 32.4 Å². The van der Waals surface area contributed by atoms with Crippen molar-refractivity contribution in [2.45, 2.75) is 32.1 Å². The highest BCUT2D eigenvalue weighted by molar-refractivity contribution is 7.12. The molecule has 1 aromatic heterocycles. The van der Waals surface area contributed by atoms with E-state index in [9.17, 15) is 0 Å². The molecule has 1 N–H and O–H groups in total. The van der Waals surface area contributed by atoms with Gasteiger partial charge in [0.15, 0.2) is 0 Å². The Morgan fingerprint density at radius 1 is 1.38 bits per heavy atom. The Morgan fingerprint density at radius 2 is 2.31 bits per heavy atom. The van der Waals surface area contributed by atoms with Crippen LogP contribution in [0.3, 0.4) is 0 Å². The molecule has 0 bridgehead atoms. The molecule has 0 aromatic carbocycles. The van der Waals surface area contributed by atoms with Crippen LogP contribution in [-0.2, 0) is 12.8 Å². The second-order valence-corrected chi connectivity index (χ2v) is 5.47. The number of thiophene rings is 1. The molecule has 0 amide bonds. The normalized spacial score (nSPS) is 25.8. The van der Waals surface area contributed by atoms with Crippen LogP contribution in [0.25, 0.3) is 0 Å². The van der Waals surface area contributed by atoms with Gasteiger partial charge in [-0.15, -0.1) is 11.3 Å². The zero-order valence-corrected chi connectivity index (χ0v) is 8.84. The first-order valence-corrected chi connectivity index (χ1v) is 5.99. The first-order valence-electron chi connectivity index (χ1n) is 5.18. The van der Waals surface area contributed by atoms with Gasteiger partial charge in [-0.05, 0) is 49.8 Å². The van der Waals surface area contributed by atoms with E-state index >= 15 is 0 Å². The van der Waals surface area contributed by atoms with Crippen molar-refractivity contribution < 1.29 is 0 Å². The molecular formula is C11H15NS. The molecule has 2 heterocycles. The number of aryl methyl sites for hydroxylation is 1. The molecule has 70 valence electrons. The molecule has 2 aliphatic rings.